The fraction of sp³-hybridized carbons (Fsp3) is 0.385. The van der Waals surface area contributed by atoms with Crippen LogP contribution in [0, 0.1) is 0 Å². The van der Waals surface area contributed by atoms with Gasteiger partial charge in [-0.15, -0.1) is 0 Å². The molecule has 0 bridgehead atoms. The monoisotopic (exact) mass is 348 g/mol. The Bertz CT molecular complexity index is 635. The largest absolute Gasteiger partial charge is 0.427 e. The van der Waals surface area contributed by atoms with Gasteiger partial charge in [-0.25, -0.2) is 9.97 Å². The molecule has 3 heterocycles. The van der Waals surface area contributed by atoms with Gasteiger partial charge in [-0.3, -0.25) is 0 Å². The Labute approximate surface area is 134 Å². The molecule has 1 saturated heterocycles. The van der Waals surface area contributed by atoms with Crippen molar-refractivity contribution in [3.05, 3.63) is 34.4 Å². The number of anilines is 2. The van der Waals surface area contributed by atoms with E-state index in [4.69, 9.17) is 11.6 Å². The summed E-state index contributed by atoms with van der Waals surface area (Å²) in [6, 6.07) is 3.61. The molecule has 4 nitrogen and oxygen atoms in total. The minimum Gasteiger partial charge on any atom is -0.353 e. The summed E-state index contributed by atoms with van der Waals surface area (Å²) in [4.78, 5) is 11.4. The highest BCUT2D eigenvalue weighted by Gasteiger charge is 2.34. The zero-order chi connectivity index (χ0) is 15.7. The molecule has 3 rings (SSSR count). The molecule has 0 N–H and O–H groups in total. The first-order chi connectivity index (χ1) is 10.4. The van der Waals surface area contributed by atoms with E-state index in [1.54, 1.807) is 12.3 Å². The molecule has 1 aliphatic heterocycles. The zero-order valence-corrected chi connectivity index (χ0v) is 12.9. The molecule has 2 aromatic heterocycles. The number of thiazole rings is 1. The standard InChI is InChI=1S/C13H12ClF3N4S/c14-9-1-2-11(18-7-9)20-3-5-21(6-4-20)12-19-8-10(22-12)13(15,16)17/h1-2,7-8H,3-6H2. The van der Waals surface area contributed by atoms with Crippen LogP contribution in [0.4, 0.5) is 24.1 Å². The average Bonchev–Trinajstić information content (AvgIpc) is 2.98. The minimum atomic E-state index is -4.33. The van der Waals surface area contributed by atoms with Crippen LogP contribution in [0.3, 0.4) is 0 Å². The van der Waals surface area contributed by atoms with Gasteiger partial charge >= 0.3 is 6.18 Å². The van der Waals surface area contributed by atoms with Gasteiger partial charge in [-0.2, -0.15) is 13.2 Å². The maximum absolute atomic E-state index is 12.6. The summed E-state index contributed by atoms with van der Waals surface area (Å²) >= 11 is 6.49. The molecule has 2 aromatic rings. The van der Waals surface area contributed by atoms with E-state index in [1.165, 1.54) is 0 Å². The third-order valence-electron chi connectivity index (χ3n) is 3.36. The molecule has 118 valence electrons. The summed E-state index contributed by atoms with van der Waals surface area (Å²) in [5, 5.41) is 0.987. The van der Waals surface area contributed by atoms with Gasteiger partial charge in [0.05, 0.1) is 11.2 Å². The smallest absolute Gasteiger partial charge is 0.353 e. The third-order valence-corrected chi connectivity index (χ3v) is 4.69. The van der Waals surface area contributed by atoms with E-state index in [1.807, 2.05) is 11.0 Å². The molecule has 0 aromatic carbocycles. The van der Waals surface area contributed by atoms with Crippen molar-refractivity contribution in [1.29, 1.82) is 0 Å². The maximum atomic E-state index is 12.6. The summed E-state index contributed by atoms with van der Waals surface area (Å²) in [5.41, 5.74) is 0. The number of hydrogen-bond donors (Lipinski definition) is 0. The normalized spacial score (nSPS) is 16.2. The van der Waals surface area contributed by atoms with E-state index >= 15 is 0 Å². The van der Waals surface area contributed by atoms with E-state index in [9.17, 15) is 13.2 Å². The van der Waals surface area contributed by atoms with Crippen molar-refractivity contribution in [2.75, 3.05) is 36.0 Å². The second-order valence-corrected chi connectivity index (χ2v) is 6.26. The lowest BCUT2D eigenvalue weighted by Gasteiger charge is -2.35. The first-order valence-electron chi connectivity index (χ1n) is 6.58. The van der Waals surface area contributed by atoms with E-state index in [-0.39, 0.29) is 0 Å². The molecule has 0 aliphatic carbocycles. The minimum absolute atomic E-state index is 0.413. The van der Waals surface area contributed by atoms with Crippen molar-refractivity contribution in [1.82, 2.24) is 9.97 Å². The van der Waals surface area contributed by atoms with Gasteiger partial charge in [0, 0.05) is 32.4 Å². The van der Waals surface area contributed by atoms with Crippen LogP contribution in [-0.2, 0) is 6.18 Å². The van der Waals surface area contributed by atoms with Crippen LogP contribution in [-0.4, -0.2) is 36.1 Å². The van der Waals surface area contributed by atoms with Gasteiger partial charge in [0.1, 0.15) is 10.7 Å². The Morgan fingerprint density at radius 2 is 1.68 bits per heavy atom. The topological polar surface area (TPSA) is 32.3 Å². The van der Waals surface area contributed by atoms with Crippen LogP contribution in [0.1, 0.15) is 4.88 Å². The Morgan fingerprint density at radius 3 is 2.23 bits per heavy atom. The van der Waals surface area contributed by atoms with Gasteiger partial charge in [0.25, 0.3) is 0 Å². The van der Waals surface area contributed by atoms with Crippen LogP contribution in [0.25, 0.3) is 0 Å². The Hall–Kier alpha value is -1.54. The van der Waals surface area contributed by atoms with E-state index in [2.05, 4.69) is 14.9 Å². The van der Waals surface area contributed by atoms with Crippen LogP contribution in [0.15, 0.2) is 24.5 Å². The molecule has 0 spiro atoms. The van der Waals surface area contributed by atoms with Gasteiger partial charge in [-0.05, 0) is 12.1 Å². The van der Waals surface area contributed by atoms with Gasteiger partial charge in [0.2, 0.25) is 0 Å². The van der Waals surface area contributed by atoms with Gasteiger partial charge in [-0.1, -0.05) is 22.9 Å². The first-order valence-corrected chi connectivity index (χ1v) is 7.77. The van der Waals surface area contributed by atoms with Crippen LogP contribution < -0.4 is 9.80 Å². The lowest BCUT2D eigenvalue weighted by molar-refractivity contribution is -0.134. The van der Waals surface area contributed by atoms with Gasteiger partial charge in [0.15, 0.2) is 5.13 Å². The number of nitrogens with zero attached hydrogens (tertiary/aromatic N) is 4. The molecular formula is C13H12ClF3N4S. The second kappa shape index (κ2) is 5.92. The third kappa shape index (κ3) is 3.27. The van der Waals surface area contributed by atoms with E-state index in [0.717, 1.165) is 12.0 Å². The van der Waals surface area contributed by atoms with Crippen molar-refractivity contribution < 1.29 is 13.2 Å². The summed E-state index contributed by atoms with van der Waals surface area (Å²) in [7, 11) is 0. The molecule has 1 aliphatic rings. The number of aromatic nitrogens is 2. The lowest BCUT2D eigenvalue weighted by atomic mass is 10.3. The molecule has 22 heavy (non-hydrogen) atoms. The SMILES string of the molecule is FC(F)(F)c1cnc(N2CCN(c3ccc(Cl)cn3)CC2)s1. The highest BCUT2D eigenvalue weighted by atomic mass is 35.5. The number of alkyl halides is 3. The predicted molar refractivity (Wildman–Crippen MR) is 80.8 cm³/mol. The van der Waals surface area contributed by atoms with Crippen LogP contribution in [0.2, 0.25) is 5.02 Å². The number of halogens is 4. The molecule has 1 fully saturated rings. The first kappa shape index (κ1) is 15.4. The molecule has 0 radical (unpaired) electrons. The summed E-state index contributed by atoms with van der Waals surface area (Å²) in [6.07, 6.45) is -1.85. The number of hydrogen-bond acceptors (Lipinski definition) is 5. The Balaban J connectivity index is 1.64. The predicted octanol–water partition coefficient (Wildman–Crippen LogP) is 3.54. The molecule has 0 unspecified atom stereocenters. The van der Waals surface area contributed by atoms with E-state index in [0.29, 0.717) is 47.7 Å². The maximum Gasteiger partial charge on any atom is 0.427 e. The second-order valence-electron chi connectivity index (χ2n) is 4.81. The van der Waals surface area contributed by atoms with Crippen molar-refractivity contribution >= 4 is 33.9 Å². The highest BCUT2D eigenvalue weighted by Crippen LogP contribution is 2.36. The fourth-order valence-electron chi connectivity index (χ4n) is 2.22. The summed E-state index contributed by atoms with van der Waals surface area (Å²) in [6.45, 7) is 2.56. The number of pyridine rings is 1. The van der Waals surface area contributed by atoms with Crippen molar-refractivity contribution in [3.8, 4) is 0 Å². The summed E-state index contributed by atoms with van der Waals surface area (Å²) < 4.78 is 37.8. The Morgan fingerprint density at radius 1 is 1.00 bits per heavy atom. The number of rotatable bonds is 2. The lowest BCUT2D eigenvalue weighted by Crippen LogP contribution is -2.46. The number of piperazine rings is 1. The van der Waals surface area contributed by atoms with E-state index < -0.39 is 11.1 Å². The average molecular weight is 349 g/mol. The highest BCUT2D eigenvalue weighted by molar-refractivity contribution is 7.15. The molecular weight excluding hydrogens is 337 g/mol. The van der Waals surface area contributed by atoms with Crippen LogP contribution in [0.5, 0.6) is 0 Å². The fourth-order valence-corrected chi connectivity index (χ4v) is 3.17. The Kier molecular flexibility index (Phi) is 4.14. The zero-order valence-electron chi connectivity index (χ0n) is 11.3. The van der Waals surface area contributed by atoms with Crippen LogP contribution >= 0.6 is 22.9 Å². The van der Waals surface area contributed by atoms with Crippen molar-refractivity contribution in [3.63, 3.8) is 0 Å². The molecule has 0 saturated carbocycles. The quantitative estimate of drug-likeness (QED) is 0.831. The van der Waals surface area contributed by atoms with Gasteiger partial charge < -0.3 is 9.80 Å². The van der Waals surface area contributed by atoms with Crippen molar-refractivity contribution in [2.45, 2.75) is 6.18 Å². The summed E-state index contributed by atoms with van der Waals surface area (Å²) in [5.74, 6) is 0.819. The molecule has 9 heteroatoms. The molecule has 0 atom stereocenters. The van der Waals surface area contributed by atoms with Crippen molar-refractivity contribution in [2.24, 2.45) is 0 Å². The molecule has 0 amide bonds.